The molecule has 1 amide bonds. The van der Waals surface area contributed by atoms with Crippen LogP contribution >= 0.6 is 27.5 Å². The number of anilines is 1. The second kappa shape index (κ2) is 9.38. The zero-order valence-corrected chi connectivity index (χ0v) is 22.4. The third kappa shape index (κ3) is 5.03. The molecule has 2 aromatic carbocycles. The minimum absolute atomic E-state index is 0.0997. The van der Waals surface area contributed by atoms with Crippen molar-refractivity contribution < 1.29 is 13.9 Å². The lowest BCUT2D eigenvalue weighted by atomic mass is 10.1. The van der Waals surface area contributed by atoms with E-state index in [1.165, 1.54) is 6.07 Å². The molecule has 1 fully saturated rings. The number of hydrogen-bond acceptors (Lipinski definition) is 4. The highest BCUT2D eigenvalue weighted by Crippen LogP contribution is 2.34. The Morgan fingerprint density at radius 1 is 1.18 bits per heavy atom. The minimum Gasteiger partial charge on any atom is -0.444 e. The fourth-order valence-electron chi connectivity index (χ4n) is 4.06. The van der Waals surface area contributed by atoms with E-state index in [9.17, 15) is 9.18 Å². The van der Waals surface area contributed by atoms with Crippen molar-refractivity contribution in [1.82, 2.24) is 14.5 Å². The summed E-state index contributed by atoms with van der Waals surface area (Å²) in [6.07, 6.45) is -0.296. The van der Waals surface area contributed by atoms with Gasteiger partial charge in [0.2, 0.25) is 5.95 Å². The number of hydrogen-bond donors (Lipinski definition) is 0. The van der Waals surface area contributed by atoms with Gasteiger partial charge in [0.1, 0.15) is 16.9 Å². The molecule has 1 aliphatic heterocycles. The molecule has 4 rings (SSSR count). The average Bonchev–Trinajstić information content (AvgIpc) is 3.12. The van der Waals surface area contributed by atoms with Gasteiger partial charge < -0.3 is 19.1 Å². The maximum Gasteiger partial charge on any atom is 0.410 e. The van der Waals surface area contributed by atoms with E-state index < -0.39 is 11.4 Å². The highest BCUT2D eigenvalue weighted by molar-refractivity contribution is 9.10. The summed E-state index contributed by atoms with van der Waals surface area (Å²) in [4.78, 5) is 21.4. The van der Waals surface area contributed by atoms with Gasteiger partial charge in [-0.1, -0.05) is 17.7 Å². The molecule has 6 nitrogen and oxygen atoms in total. The van der Waals surface area contributed by atoms with Gasteiger partial charge in [-0.2, -0.15) is 0 Å². The van der Waals surface area contributed by atoms with E-state index in [0.29, 0.717) is 32.7 Å². The van der Waals surface area contributed by atoms with Crippen LogP contribution in [0, 0.1) is 19.7 Å². The Morgan fingerprint density at radius 2 is 1.85 bits per heavy atom. The van der Waals surface area contributed by atoms with Crippen LogP contribution in [-0.2, 0) is 11.3 Å². The Hall–Kier alpha value is -2.32. The van der Waals surface area contributed by atoms with Crippen molar-refractivity contribution >= 4 is 50.6 Å². The second-order valence-electron chi connectivity index (χ2n) is 9.70. The van der Waals surface area contributed by atoms with Crippen LogP contribution in [0.3, 0.4) is 0 Å². The van der Waals surface area contributed by atoms with Crippen LogP contribution in [0.25, 0.3) is 11.0 Å². The summed E-state index contributed by atoms with van der Waals surface area (Å²) < 4.78 is 22.4. The van der Waals surface area contributed by atoms with Crippen molar-refractivity contribution in [1.29, 1.82) is 0 Å². The molecule has 0 bridgehead atoms. The summed E-state index contributed by atoms with van der Waals surface area (Å²) >= 11 is 9.79. The number of carbonyl (C=O) groups is 1. The lowest BCUT2D eigenvalue weighted by Gasteiger charge is -2.36. The Morgan fingerprint density at radius 3 is 2.47 bits per heavy atom. The van der Waals surface area contributed by atoms with Gasteiger partial charge in [0.25, 0.3) is 0 Å². The van der Waals surface area contributed by atoms with E-state index >= 15 is 0 Å². The van der Waals surface area contributed by atoms with Gasteiger partial charge in [-0.3, -0.25) is 0 Å². The Labute approximate surface area is 212 Å². The van der Waals surface area contributed by atoms with Crippen molar-refractivity contribution in [3.63, 3.8) is 0 Å². The standard InChI is InChI=1S/C25H29BrClFN4O2/c1-15-12-20-22(21(26)16(15)2)29-23(32(20)14-17-6-7-19(28)18(27)13-17)30-8-10-31(11-9-30)24(33)34-25(3,4)5/h6-7,12-13H,8-11,14H2,1-5H3. The topological polar surface area (TPSA) is 50.6 Å². The molecule has 182 valence electrons. The summed E-state index contributed by atoms with van der Waals surface area (Å²) in [5, 5.41) is 0.0997. The SMILES string of the molecule is Cc1cc2c(nc(N3CCN(C(=O)OC(C)(C)C)CC3)n2Cc2ccc(F)c(Cl)c2)c(Br)c1C. The Bertz CT molecular complexity index is 1250. The zero-order chi connectivity index (χ0) is 24.8. The van der Waals surface area contributed by atoms with Crippen LogP contribution in [-0.4, -0.2) is 52.3 Å². The molecule has 34 heavy (non-hydrogen) atoms. The number of amides is 1. The molecule has 9 heteroatoms. The first-order valence-electron chi connectivity index (χ1n) is 11.3. The quantitative estimate of drug-likeness (QED) is 0.383. The number of benzene rings is 2. The Balaban J connectivity index is 1.68. The molecule has 0 N–H and O–H groups in total. The molecule has 0 spiro atoms. The molecular weight excluding hydrogens is 523 g/mol. The molecule has 1 aliphatic rings. The molecule has 0 radical (unpaired) electrons. The molecular formula is C25H29BrClFN4O2. The lowest BCUT2D eigenvalue weighted by Crippen LogP contribution is -2.50. The summed E-state index contributed by atoms with van der Waals surface area (Å²) in [5.74, 6) is 0.374. The van der Waals surface area contributed by atoms with Crippen molar-refractivity contribution in [2.24, 2.45) is 0 Å². The number of ether oxygens (including phenoxy) is 1. The van der Waals surface area contributed by atoms with Crippen LogP contribution in [0.15, 0.2) is 28.7 Å². The third-order valence-corrected chi connectivity index (χ3v) is 7.27. The van der Waals surface area contributed by atoms with Gasteiger partial charge >= 0.3 is 6.09 Å². The van der Waals surface area contributed by atoms with Gasteiger partial charge in [-0.25, -0.2) is 14.2 Å². The monoisotopic (exact) mass is 550 g/mol. The van der Waals surface area contributed by atoms with Crippen molar-refractivity contribution in [3.8, 4) is 0 Å². The summed E-state index contributed by atoms with van der Waals surface area (Å²) in [7, 11) is 0. The molecule has 1 aromatic heterocycles. The highest BCUT2D eigenvalue weighted by atomic mass is 79.9. The van der Waals surface area contributed by atoms with Gasteiger partial charge in [0.05, 0.1) is 17.1 Å². The number of carbonyl (C=O) groups excluding carboxylic acids is 1. The van der Waals surface area contributed by atoms with Crippen LogP contribution in [0.4, 0.5) is 15.1 Å². The van der Waals surface area contributed by atoms with E-state index in [4.69, 9.17) is 21.3 Å². The summed E-state index contributed by atoms with van der Waals surface area (Å²) in [6.45, 7) is 12.6. The number of piperazine rings is 1. The van der Waals surface area contributed by atoms with Crippen molar-refractivity contribution in [3.05, 3.63) is 56.3 Å². The second-order valence-corrected chi connectivity index (χ2v) is 10.9. The predicted octanol–water partition coefficient (Wildman–Crippen LogP) is 6.31. The van der Waals surface area contributed by atoms with Gasteiger partial charge in [0, 0.05) is 30.7 Å². The van der Waals surface area contributed by atoms with E-state index in [0.717, 1.165) is 38.1 Å². The third-order valence-electron chi connectivity index (χ3n) is 6.01. The van der Waals surface area contributed by atoms with Crippen LogP contribution < -0.4 is 4.90 Å². The lowest BCUT2D eigenvalue weighted by molar-refractivity contribution is 0.0240. The molecule has 0 saturated carbocycles. The molecule has 0 unspecified atom stereocenters. The van der Waals surface area contributed by atoms with E-state index in [1.54, 1.807) is 17.0 Å². The van der Waals surface area contributed by atoms with Gasteiger partial charge in [-0.15, -0.1) is 0 Å². The average molecular weight is 552 g/mol. The molecule has 2 heterocycles. The summed E-state index contributed by atoms with van der Waals surface area (Å²) in [5.41, 5.74) is 4.51. The minimum atomic E-state index is -0.527. The first-order chi connectivity index (χ1) is 15.9. The molecule has 3 aromatic rings. The van der Waals surface area contributed by atoms with Crippen molar-refractivity contribution in [2.45, 2.75) is 46.8 Å². The fourth-order valence-corrected chi connectivity index (χ4v) is 4.87. The van der Waals surface area contributed by atoms with Crippen LogP contribution in [0.5, 0.6) is 0 Å². The summed E-state index contributed by atoms with van der Waals surface area (Å²) in [6, 6.07) is 6.92. The largest absolute Gasteiger partial charge is 0.444 e. The molecule has 0 atom stereocenters. The normalized spacial score (nSPS) is 14.7. The van der Waals surface area contributed by atoms with Gasteiger partial charge in [0.15, 0.2) is 0 Å². The zero-order valence-electron chi connectivity index (χ0n) is 20.1. The number of aryl methyl sites for hydroxylation is 1. The molecule has 1 saturated heterocycles. The molecule has 0 aliphatic carbocycles. The van der Waals surface area contributed by atoms with Crippen molar-refractivity contribution in [2.75, 3.05) is 31.1 Å². The number of imidazole rings is 1. The Kier molecular flexibility index (Phi) is 6.84. The number of fused-ring (bicyclic) bond motifs is 1. The number of aromatic nitrogens is 2. The van der Waals surface area contributed by atoms with E-state index in [1.807, 2.05) is 20.8 Å². The maximum atomic E-state index is 13.7. The number of nitrogens with zero attached hydrogens (tertiary/aromatic N) is 4. The number of halogens is 3. The number of rotatable bonds is 3. The predicted molar refractivity (Wildman–Crippen MR) is 137 cm³/mol. The van der Waals surface area contributed by atoms with E-state index in [-0.39, 0.29) is 11.1 Å². The van der Waals surface area contributed by atoms with Crippen LogP contribution in [0.2, 0.25) is 5.02 Å². The smallest absolute Gasteiger partial charge is 0.410 e. The maximum absolute atomic E-state index is 13.7. The van der Waals surface area contributed by atoms with E-state index in [2.05, 4.69) is 45.3 Å². The fraction of sp³-hybridized carbons (Fsp3) is 0.440. The first kappa shape index (κ1) is 24.8. The highest BCUT2D eigenvalue weighted by Gasteiger charge is 2.28. The van der Waals surface area contributed by atoms with Crippen LogP contribution in [0.1, 0.15) is 37.5 Å². The first-order valence-corrected chi connectivity index (χ1v) is 12.4. The van der Waals surface area contributed by atoms with Gasteiger partial charge in [-0.05, 0) is 85.4 Å².